The summed E-state index contributed by atoms with van der Waals surface area (Å²) in [4.78, 5) is 0. The van der Waals surface area contributed by atoms with Crippen molar-refractivity contribution < 1.29 is 0 Å². The fraction of sp³-hybridized carbons (Fsp3) is 0.148. The Kier molecular flexibility index (Phi) is 7.11. The molecule has 0 bridgehead atoms. The van der Waals surface area contributed by atoms with Crippen molar-refractivity contribution in [2.45, 2.75) is 51.4 Å². The van der Waals surface area contributed by atoms with Gasteiger partial charge in [-0.2, -0.15) is 0 Å². The van der Waals surface area contributed by atoms with Gasteiger partial charge in [0.1, 0.15) is 0 Å². The van der Waals surface area contributed by atoms with Gasteiger partial charge >= 0.3 is 0 Å². The monoisotopic (exact) mass is 720 g/mol. The number of benzene rings is 8. The third-order valence-corrected chi connectivity index (χ3v) is 13.0. The number of rotatable bonds is 4. The average Bonchev–Trinajstić information content (AvgIpc) is 3.73. The van der Waals surface area contributed by atoms with Gasteiger partial charge in [-0.25, -0.2) is 0 Å². The highest BCUT2D eigenvalue weighted by Crippen LogP contribution is 2.50. The molecular weight excluding hydrogens is 677 g/mol. The van der Waals surface area contributed by atoms with E-state index in [9.17, 15) is 0 Å². The maximum Gasteiger partial charge on any atom is 0.0549 e. The Morgan fingerprint density at radius 2 is 0.964 bits per heavy atom. The summed E-state index contributed by atoms with van der Waals surface area (Å²) in [6.07, 6.45) is 2.37. The number of fused-ring (bicyclic) bond motifs is 9. The zero-order valence-electron chi connectivity index (χ0n) is 32.5. The van der Waals surface area contributed by atoms with E-state index in [1.165, 1.54) is 112 Å². The van der Waals surface area contributed by atoms with E-state index in [0.29, 0.717) is 0 Å². The summed E-state index contributed by atoms with van der Waals surface area (Å²) >= 11 is 0. The van der Waals surface area contributed by atoms with Crippen molar-refractivity contribution in [2.24, 2.45) is 0 Å². The molecule has 2 nitrogen and oxygen atoms in total. The van der Waals surface area contributed by atoms with E-state index in [2.05, 4.69) is 207 Å². The number of aromatic nitrogens is 2. The SMILES string of the molecule is CC1(C)CCC(C)(C)c2cc3c(cc21)c1cc2c(cc1n3-c1ccccc1)c1c3ccccc3ccc1n2-c1ccc(-c2ccccc2)cc1-c1ccccc1. The molecule has 0 N–H and O–H groups in total. The van der Waals surface area contributed by atoms with Crippen LogP contribution in [-0.4, -0.2) is 9.13 Å². The minimum atomic E-state index is 0.100. The van der Waals surface area contributed by atoms with Crippen LogP contribution >= 0.6 is 0 Å². The molecule has 2 aromatic heterocycles. The minimum Gasteiger partial charge on any atom is -0.309 e. The standard InChI is InChI=1S/C54H44N2/c1-53(2)28-29-54(3,4)46-34-51-42(31-45(46)53)43-32-50-44(33-49(43)55(51)39-21-12-7-13-22-39)52-40-23-15-14-20-37(40)24-27-48(52)56(50)47-26-25-38(35-16-8-5-9-17-35)30-41(47)36-18-10-6-11-19-36/h5-27,30-34H,28-29H2,1-4H3. The van der Waals surface area contributed by atoms with Crippen molar-refractivity contribution >= 4 is 54.4 Å². The summed E-state index contributed by atoms with van der Waals surface area (Å²) < 4.78 is 5.07. The average molecular weight is 721 g/mol. The molecule has 0 radical (unpaired) electrons. The number of hydrogen-bond donors (Lipinski definition) is 0. The maximum atomic E-state index is 2.56. The van der Waals surface area contributed by atoms with Crippen molar-refractivity contribution in [2.75, 3.05) is 0 Å². The first-order chi connectivity index (χ1) is 27.3. The molecule has 8 aromatic carbocycles. The lowest BCUT2D eigenvalue weighted by atomic mass is 9.63. The van der Waals surface area contributed by atoms with Crippen molar-refractivity contribution in [3.05, 3.63) is 181 Å². The second-order valence-corrected chi connectivity index (χ2v) is 17.2. The lowest BCUT2D eigenvalue weighted by molar-refractivity contribution is 0.332. The van der Waals surface area contributed by atoms with Gasteiger partial charge in [0.15, 0.2) is 0 Å². The first-order valence-corrected chi connectivity index (χ1v) is 20.1. The summed E-state index contributed by atoms with van der Waals surface area (Å²) in [5.74, 6) is 0. The molecular formula is C54H44N2. The smallest absolute Gasteiger partial charge is 0.0549 e. The first kappa shape index (κ1) is 33.0. The third kappa shape index (κ3) is 4.88. The maximum absolute atomic E-state index is 2.56. The molecule has 10 aromatic rings. The summed E-state index contributed by atoms with van der Waals surface area (Å²) in [5.41, 5.74) is 15.3. The highest BCUT2D eigenvalue weighted by Gasteiger charge is 2.38. The summed E-state index contributed by atoms with van der Waals surface area (Å²) in [5, 5.41) is 7.69. The predicted molar refractivity (Wildman–Crippen MR) is 239 cm³/mol. The number of para-hydroxylation sites is 1. The van der Waals surface area contributed by atoms with Crippen molar-refractivity contribution in [1.82, 2.24) is 9.13 Å². The largest absolute Gasteiger partial charge is 0.309 e. The zero-order valence-corrected chi connectivity index (χ0v) is 32.5. The van der Waals surface area contributed by atoms with Gasteiger partial charge in [0, 0.05) is 32.8 Å². The molecule has 11 rings (SSSR count). The Bertz CT molecular complexity index is 3160. The van der Waals surface area contributed by atoms with Gasteiger partial charge in [-0.1, -0.05) is 143 Å². The van der Waals surface area contributed by atoms with Crippen LogP contribution in [0.15, 0.2) is 170 Å². The van der Waals surface area contributed by atoms with Crippen LogP contribution in [0.25, 0.3) is 88.0 Å². The summed E-state index contributed by atoms with van der Waals surface area (Å²) in [6, 6.07) is 63.3. The Morgan fingerprint density at radius 1 is 0.393 bits per heavy atom. The molecule has 0 saturated carbocycles. The van der Waals surface area contributed by atoms with Gasteiger partial charge in [-0.05, 0) is 117 Å². The van der Waals surface area contributed by atoms with Gasteiger partial charge < -0.3 is 9.13 Å². The van der Waals surface area contributed by atoms with Crippen molar-refractivity contribution in [1.29, 1.82) is 0 Å². The fourth-order valence-corrected chi connectivity index (χ4v) is 9.86. The van der Waals surface area contributed by atoms with E-state index >= 15 is 0 Å². The molecule has 0 amide bonds. The molecule has 2 heteroatoms. The Labute approximate surface area is 328 Å². The highest BCUT2D eigenvalue weighted by atomic mass is 15.0. The molecule has 56 heavy (non-hydrogen) atoms. The Hall–Kier alpha value is -6.38. The van der Waals surface area contributed by atoms with Crippen LogP contribution in [0.2, 0.25) is 0 Å². The van der Waals surface area contributed by atoms with E-state index in [1.807, 2.05) is 0 Å². The molecule has 0 aliphatic heterocycles. The van der Waals surface area contributed by atoms with Crippen LogP contribution in [0.1, 0.15) is 51.7 Å². The van der Waals surface area contributed by atoms with Gasteiger partial charge in [0.2, 0.25) is 0 Å². The van der Waals surface area contributed by atoms with Gasteiger partial charge in [0.25, 0.3) is 0 Å². The number of nitrogens with zero attached hydrogens (tertiary/aromatic N) is 2. The zero-order chi connectivity index (χ0) is 37.8. The molecule has 0 atom stereocenters. The third-order valence-electron chi connectivity index (χ3n) is 13.0. The van der Waals surface area contributed by atoms with Crippen LogP contribution in [0.5, 0.6) is 0 Å². The van der Waals surface area contributed by atoms with E-state index < -0.39 is 0 Å². The van der Waals surface area contributed by atoms with Gasteiger partial charge in [-0.15, -0.1) is 0 Å². The van der Waals surface area contributed by atoms with Crippen LogP contribution in [-0.2, 0) is 10.8 Å². The normalized spacial score (nSPS) is 14.9. The molecule has 1 aliphatic carbocycles. The Balaban J connectivity index is 1.32. The van der Waals surface area contributed by atoms with Crippen LogP contribution in [0, 0.1) is 0 Å². The lowest BCUT2D eigenvalue weighted by Gasteiger charge is -2.42. The summed E-state index contributed by atoms with van der Waals surface area (Å²) in [7, 11) is 0. The minimum absolute atomic E-state index is 0.100. The summed E-state index contributed by atoms with van der Waals surface area (Å²) in [6.45, 7) is 9.75. The topological polar surface area (TPSA) is 9.86 Å². The van der Waals surface area contributed by atoms with Crippen LogP contribution < -0.4 is 0 Å². The molecule has 270 valence electrons. The van der Waals surface area contributed by atoms with E-state index in [0.717, 1.165) is 0 Å². The van der Waals surface area contributed by atoms with Gasteiger partial charge in [-0.3, -0.25) is 0 Å². The van der Waals surface area contributed by atoms with Crippen LogP contribution in [0.3, 0.4) is 0 Å². The molecule has 0 unspecified atom stereocenters. The quantitative estimate of drug-likeness (QED) is 0.171. The number of hydrogen-bond acceptors (Lipinski definition) is 0. The van der Waals surface area contributed by atoms with E-state index in [1.54, 1.807) is 0 Å². The first-order valence-electron chi connectivity index (χ1n) is 20.1. The molecule has 2 heterocycles. The van der Waals surface area contributed by atoms with Gasteiger partial charge in [0.05, 0.1) is 27.8 Å². The fourth-order valence-electron chi connectivity index (χ4n) is 9.86. The second-order valence-electron chi connectivity index (χ2n) is 17.2. The highest BCUT2D eigenvalue weighted by molar-refractivity contribution is 6.25. The Morgan fingerprint density at radius 3 is 1.70 bits per heavy atom. The van der Waals surface area contributed by atoms with Crippen LogP contribution in [0.4, 0.5) is 0 Å². The molecule has 0 fully saturated rings. The lowest BCUT2D eigenvalue weighted by Crippen LogP contribution is -2.33. The van der Waals surface area contributed by atoms with E-state index in [4.69, 9.17) is 0 Å². The second kappa shape index (κ2) is 12.1. The molecule has 0 spiro atoms. The predicted octanol–water partition coefficient (Wildman–Crippen LogP) is 14.7. The van der Waals surface area contributed by atoms with Crippen molar-refractivity contribution in [3.8, 4) is 33.6 Å². The van der Waals surface area contributed by atoms with Crippen molar-refractivity contribution in [3.63, 3.8) is 0 Å². The molecule has 1 aliphatic rings. The molecule has 0 saturated heterocycles. The van der Waals surface area contributed by atoms with E-state index in [-0.39, 0.29) is 10.8 Å².